The number of amides is 1. The summed E-state index contributed by atoms with van der Waals surface area (Å²) in [6.07, 6.45) is 2.88. The Kier molecular flexibility index (Phi) is 3.67. The van der Waals surface area contributed by atoms with E-state index in [0.717, 1.165) is 16.5 Å². The Morgan fingerprint density at radius 2 is 2.28 bits per heavy atom. The molecule has 0 spiro atoms. The zero-order valence-corrected chi connectivity index (χ0v) is 10.7. The summed E-state index contributed by atoms with van der Waals surface area (Å²) in [6, 6.07) is 3.43. The first-order chi connectivity index (χ1) is 8.67. The van der Waals surface area contributed by atoms with Crippen molar-refractivity contribution in [1.29, 1.82) is 0 Å². The average Bonchev–Trinajstić information content (AvgIpc) is 2.34. The lowest BCUT2D eigenvalue weighted by atomic mass is 10.0. The molecule has 1 aromatic heterocycles. The summed E-state index contributed by atoms with van der Waals surface area (Å²) < 4.78 is 0. The number of phenolic OH excluding ortho intramolecular Hbond substituents is 1. The van der Waals surface area contributed by atoms with Gasteiger partial charge in [-0.1, -0.05) is 0 Å². The number of alkyl halides is 1. The highest BCUT2D eigenvalue weighted by atomic mass is 35.5. The van der Waals surface area contributed by atoms with E-state index in [0.29, 0.717) is 29.9 Å². The summed E-state index contributed by atoms with van der Waals surface area (Å²) in [5.41, 5.74) is 2.97. The Morgan fingerprint density at radius 1 is 1.50 bits per heavy atom. The third-order valence-electron chi connectivity index (χ3n) is 2.76. The van der Waals surface area contributed by atoms with Crippen LogP contribution in [0.3, 0.4) is 0 Å². The minimum absolute atomic E-state index is 0.0488. The number of carbonyl (C=O) groups is 1. The van der Waals surface area contributed by atoms with Crippen LogP contribution in [-0.2, 0) is 11.2 Å². The largest absolute Gasteiger partial charge is 0.506 e. The number of hydrogen-bond acceptors (Lipinski definition) is 3. The maximum absolute atomic E-state index is 10.6. The molecule has 0 aliphatic carbocycles. The third-order valence-corrected chi connectivity index (χ3v) is 2.95. The molecule has 2 N–H and O–H groups in total. The van der Waals surface area contributed by atoms with Gasteiger partial charge in [0.15, 0.2) is 0 Å². The molecule has 4 nitrogen and oxygen atoms in total. The molecular weight excluding hydrogens is 252 g/mol. The number of nitrogens with zero attached hydrogens (tertiary/aromatic N) is 1. The summed E-state index contributed by atoms with van der Waals surface area (Å²) in [5, 5.41) is 13.3. The third kappa shape index (κ3) is 2.24. The molecule has 5 heteroatoms. The van der Waals surface area contributed by atoms with Crippen molar-refractivity contribution in [1.82, 2.24) is 4.98 Å². The monoisotopic (exact) mass is 264 g/mol. The fourth-order valence-electron chi connectivity index (χ4n) is 2.00. The van der Waals surface area contributed by atoms with Crippen LogP contribution in [0.1, 0.15) is 11.1 Å². The standard InChI is InChI=1S/C13H13ClN2O2/c1-8-4-10-9(2-3-14)11(16-7-17)5-12(18)13(10)15-6-8/h4-7,18H,2-3H2,1H3,(H,16,17). The first-order valence-electron chi connectivity index (χ1n) is 5.54. The lowest BCUT2D eigenvalue weighted by molar-refractivity contribution is -0.105. The van der Waals surface area contributed by atoms with E-state index in [9.17, 15) is 9.90 Å². The van der Waals surface area contributed by atoms with Gasteiger partial charge in [-0.3, -0.25) is 9.78 Å². The molecule has 1 heterocycles. The topological polar surface area (TPSA) is 62.2 Å². The van der Waals surface area contributed by atoms with Crippen molar-refractivity contribution < 1.29 is 9.90 Å². The Labute approximate surface area is 110 Å². The van der Waals surface area contributed by atoms with Gasteiger partial charge in [-0.25, -0.2) is 0 Å². The van der Waals surface area contributed by atoms with Crippen LogP contribution >= 0.6 is 11.6 Å². The van der Waals surface area contributed by atoms with Gasteiger partial charge in [0.25, 0.3) is 0 Å². The molecule has 0 unspecified atom stereocenters. The van der Waals surface area contributed by atoms with Crippen molar-refractivity contribution in [2.75, 3.05) is 11.2 Å². The minimum atomic E-state index is 0.0488. The fourth-order valence-corrected chi connectivity index (χ4v) is 2.19. The van der Waals surface area contributed by atoms with Gasteiger partial charge in [-0.05, 0) is 30.5 Å². The maximum Gasteiger partial charge on any atom is 0.211 e. The second-order valence-corrected chi connectivity index (χ2v) is 4.41. The van der Waals surface area contributed by atoms with E-state index in [1.807, 2.05) is 13.0 Å². The summed E-state index contributed by atoms with van der Waals surface area (Å²) in [5.74, 6) is 0.481. The predicted molar refractivity (Wildman–Crippen MR) is 72.3 cm³/mol. The van der Waals surface area contributed by atoms with E-state index in [4.69, 9.17) is 11.6 Å². The number of aryl methyl sites for hydroxylation is 2. The molecule has 2 rings (SSSR count). The zero-order valence-electron chi connectivity index (χ0n) is 9.90. The van der Waals surface area contributed by atoms with Gasteiger partial charge in [0.2, 0.25) is 6.41 Å². The minimum Gasteiger partial charge on any atom is -0.506 e. The number of aromatic nitrogens is 1. The predicted octanol–water partition coefficient (Wildman–Crippen LogP) is 2.60. The van der Waals surface area contributed by atoms with E-state index < -0.39 is 0 Å². The van der Waals surface area contributed by atoms with Crippen molar-refractivity contribution in [2.24, 2.45) is 0 Å². The second-order valence-electron chi connectivity index (χ2n) is 4.03. The van der Waals surface area contributed by atoms with E-state index in [1.54, 1.807) is 6.20 Å². The highest BCUT2D eigenvalue weighted by Crippen LogP contribution is 2.33. The lowest BCUT2D eigenvalue weighted by Crippen LogP contribution is -2.01. The van der Waals surface area contributed by atoms with Crippen molar-refractivity contribution in [3.05, 3.63) is 29.5 Å². The quantitative estimate of drug-likeness (QED) is 0.659. The number of carbonyl (C=O) groups excluding carboxylic acids is 1. The number of rotatable bonds is 4. The molecule has 0 fully saturated rings. The van der Waals surface area contributed by atoms with Crippen LogP contribution in [0.4, 0.5) is 5.69 Å². The number of aromatic hydroxyl groups is 1. The number of anilines is 1. The van der Waals surface area contributed by atoms with Gasteiger partial charge < -0.3 is 10.4 Å². The second kappa shape index (κ2) is 5.23. The Bertz CT molecular complexity index is 599. The van der Waals surface area contributed by atoms with Crippen LogP contribution < -0.4 is 5.32 Å². The van der Waals surface area contributed by atoms with Crippen molar-refractivity contribution in [3.8, 4) is 5.75 Å². The molecule has 0 radical (unpaired) electrons. The van der Waals surface area contributed by atoms with Gasteiger partial charge in [-0.2, -0.15) is 0 Å². The van der Waals surface area contributed by atoms with Crippen molar-refractivity contribution in [3.63, 3.8) is 0 Å². The number of pyridine rings is 1. The summed E-state index contributed by atoms with van der Waals surface area (Å²) in [4.78, 5) is 14.8. The SMILES string of the molecule is Cc1cnc2c(O)cc(NC=O)c(CCCl)c2c1. The number of phenols is 1. The molecule has 18 heavy (non-hydrogen) atoms. The van der Waals surface area contributed by atoms with E-state index in [-0.39, 0.29) is 5.75 Å². The number of nitrogens with one attached hydrogen (secondary N) is 1. The summed E-state index contributed by atoms with van der Waals surface area (Å²) in [6.45, 7) is 1.92. The van der Waals surface area contributed by atoms with Crippen LogP contribution in [0.2, 0.25) is 0 Å². The lowest BCUT2D eigenvalue weighted by Gasteiger charge is -2.12. The molecule has 0 atom stereocenters. The van der Waals surface area contributed by atoms with Crippen LogP contribution in [-0.4, -0.2) is 22.4 Å². The van der Waals surface area contributed by atoms with E-state index in [1.165, 1.54) is 6.07 Å². The van der Waals surface area contributed by atoms with Crippen LogP contribution in [0.25, 0.3) is 10.9 Å². The number of halogens is 1. The molecule has 0 saturated heterocycles. The normalized spacial score (nSPS) is 10.6. The van der Waals surface area contributed by atoms with Gasteiger partial charge >= 0.3 is 0 Å². The Morgan fingerprint density at radius 3 is 2.94 bits per heavy atom. The summed E-state index contributed by atoms with van der Waals surface area (Å²) >= 11 is 5.79. The maximum atomic E-state index is 10.6. The van der Waals surface area contributed by atoms with Gasteiger partial charge in [-0.15, -0.1) is 11.6 Å². The first-order valence-corrected chi connectivity index (χ1v) is 6.08. The molecule has 1 amide bonds. The van der Waals surface area contributed by atoms with Crippen molar-refractivity contribution in [2.45, 2.75) is 13.3 Å². The summed E-state index contributed by atoms with van der Waals surface area (Å²) in [7, 11) is 0. The fraction of sp³-hybridized carbons (Fsp3) is 0.231. The van der Waals surface area contributed by atoms with Crippen LogP contribution in [0.5, 0.6) is 5.75 Å². The van der Waals surface area contributed by atoms with Gasteiger partial charge in [0, 0.05) is 29.2 Å². The number of fused-ring (bicyclic) bond motifs is 1. The number of hydrogen-bond donors (Lipinski definition) is 2. The Balaban J connectivity index is 2.77. The molecule has 0 aliphatic heterocycles. The van der Waals surface area contributed by atoms with Crippen molar-refractivity contribution >= 4 is 34.6 Å². The molecule has 94 valence electrons. The molecule has 2 aromatic rings. The highest BCUT2D eigenvalue weighted by Gasteiger charge is 2.12. The van der Waals surface area contributed by atoms with Crippen LogP contribution in [0.15, 0.2) is 18.3 Å². The van der Waals surface area contributed by atoms with Crippen LogP contribution in [0, 0.1) is 6.92 Å². The number of benzene rings is 1. The van der Waals surface area contributed by atoms with E-state index in [2.05, 4.69) is 10.3 Å². The molecule has 0 saturated carbocycles. The first kappa shape index (κ1) is 12.6. The Hall–Kier alpha value is -1.81. The molecule has 1 aromatic carbocycles. The molecular formula is C13H13ClN2O2. The average molecular weight is 265 g/mol. The van der Waals surface area contributed by atoms with Gasteiger partial charge in [0.05, 0.1) is 0 Å². The molecule has 0 aliphatic rings. The zero-order chi connectivity index (χ0) is 13.1. The highest BCUT2D eigenvalue weighted by molar-refractivity contribution is 6.18. The molecule has 0 bridgehead atoms. The van der Waals surface area contributed by atoms with Gasteiger partial charge in [0.1, 0.15) is 11.3 Å². The smallest absolute Gasteiger partial charge is 0.211 e. The van der Waals surface area contributed by atoms with E-state index >= 15 is 0 Å².